The maximum atomic E-state index is 12.0. The Bertz CT molecular complexity index is 536. The minimum absolute atomic E-state index is 0.0258. The standard InChI is InChI=1S/C14H17N3O3S/c18-12-10-16(7-6-15-8-13(19)20)14(21)17(12)9-11-4-2-1-3-5-11/h1-5,15H,6-10H2,(H,19,20). The number of thiocarbonyl (C=S) groups is 1. The monoisotopic (exact) mass is 307 g/mol. The van der Waals surface area contributed by atoms with Crippen molar-refractivity contribution in [1.29, 1.82) is 0 Å². The number of nitrogens with one attached hydrogen (secondary N) is 1. The zero-order valence-electron chi connectivity index (χ0n) is 11.5. The van der Waals surface area contributed by atoms with Crippen molar-refractivity contribution in [3.05, 3.63) is 35.9 Å². The van der Waals surface area contributed by atoms with Crippen molar-refractivity contribution in [3.63, 3.8) is 0 Å². The first-order chi connectivity index (χ1) is 10.1. The van der Waals surface area contributed by atoms with Gasteiger partial charge in [0.25, 0.3) is 0 Å². The molecule has 6 nitrogen and oxygen atoms in total. The number of carboxylic acids is 1. The van der Waals surface area contributed by atoms with Crippen molar-refractivity contribution in [2.45, 2.75) is 6.54 Å². The second kappa shape index (κ2) is 7.14. The minimum atomic E-state index is -0.902. The van der Waals surface area contributed by atoms with E-state index in [9.17, 15) is 9.59 Å². The molecule has 1 aromatic carbocycles. The number of carboxylic acid groups (broad SMARTS) is 1. The number of carbonyl (C=O) groups is 2. The molecular formula is C14H17N3O3S. The predicted molar refractivity (Wildman–Crippen MR) is 81.7 cm³/mol. The van der Waals surface area contributed by atoms with Crippen molar-refractivity contribution < 1.29 is 14.7 Å². The van der Waals surface area contributed by atoms with Crippen LogP contribution < -0.4 is 5.32 Å². The molecule has 112 valence electrons. The summed E-state index contributed by atoms with van der Waals surface area (Å²) in [5.41, 5.74) is 1.03. The van der Waals surface area contributed by atoms with Crippen LogP contribution in [0.15, 0.2) is 30.3 Å². The van der Waals surface area contributed by atoms with Gasteiger partial charge in [-0.15, -0.1) is 0 Å². The highest BCUT2D eigenvalue weighted by Crippen LogP contribution is 2.14. The molecule has 7 heteroatoms. The zero-order chi connectivity index (χ0) is 15.2. The SMILES string of the molecule is O=C(O)CNCCN1CC(=O)N(Cc2ccccc2)C1=S. The molecule has 0 aliphatic carbocycles. The quantitative estimate of drug-likeness (QED) is 0.557. The van der Waals surface area contributed by atoms with Crippen molar-refractivity contribution in [1.82, 2.24) is 15.1 Å². The summed E-state index contributed by atoms with van der Waals surface area (Å²) in [5.74, 6) is -0.928. The topological polar surface area (TPSA) is 72.9 Å². The first kappa shape index (κ1) is 15.4. The molecule has 0 unspecified atom stereocenters. The van der Waals surface area contributed by atoms with E-state index in [0.29, 0.717) is 24.7 Å². The highest BCUT2D eigenvalue weighted by Gasteiger charge is 2.32. The fraction of sp³-hybridized carbons (Fsp3) is 0.357. The summed E-state index contributed by atoms with van der Waals surface area (Å²) in [7, 11) is 0. The van der Waals surface area contributed by atoms with E-state index in [1.54, 1.807) is 9.80 Å². The van der Waals surface area contributed by atoms with Crippen LogP contribution in [-0.2, 0) is 16.1 Å². The number of hydrogen-bond acceptors (Lipinski definition) is 4. The molecule has 1 heterocycles. The van der Waals surface area contributed by atoms with Crippen molar-refractivity contribution >= 4 is 29.2 Å². The second-order valence-electron chi connectivity index (χ2n) is 4.74. The Labute approximate surface area is 128 Å². The average molecular weight is 307 g/mol. The smallest absolute Gasteiger partial charge is 0.317 e. The summed E-state index contributed by atoms with van der Waals surface area (Å²) in [6.07, 6.45) is 0. The van der Waals surface area contributed by atoms with Crippen LogP contribution in [0.25, 0.3) is 0 Å². The number of benzene rings is 1. The summed E-state index contributed by atoms with van der Waals surface area (Å²) in [4.78, 5) is 25.8. The van der Waals surface area contributed by atoms with Crippen molar-refractivity contribution in [2.24, 2.45) is 0 Å². The number of carbonyl (C=O) groups excluding carboxylic acids is 1. The third-order valence-corrected chi connectivity index (χ3v) is 3.63. The Morgan fingerprint density at radius 3 is 2.71 bits per heavy atom. The molecule has 0 saturated carbocycles. The Morgan fingerprint density at radius 1 is 1.33 bits per heavy atom. The number of rotatable bonds is 7. The van der Waals surface area contributed by atoms with Gasteiger partial charge in [-0.1, -0.05) is 30.3 Å². The van der Waals surface area contributed by atoms with Gasteiger partial charge in [-0.2, -0.15) is 0 Å². The number of nitrogens with zero attached hydrogens (tertiary/aromatic N) is 2. The van der Waals surface area contributed by atoms with Gasteiger partial charge in [0.05, 0.1) is 19.6 Å². The average Bonchev–Trinajstić information content (AvgIpc) is 2.72. The first-order valence-corrected chi connectivity index (χ1v) is 7.04. The lowest BCUT2D eigenvalue weighted by Crippen LogP contribution is -2.37. The van der Waals surface area contributed by atoms with Gasteiger partial charge < -0.3 is 15.3 Å². The van der Waals surface area contributed by atoms with E-state index in [1.807, 2.05) is 30.3 Å². The van der Waals surface area contributed by atoms with Crippen LogP contribution in [0.5, 0.6) is 0 Å². The largest absolute Gasteiger partial charge is 0.480 e. The molecule has 0 spiro atoms. The highest BCUT2D eigenvalue weighted by atomic mass is 32.1. The van der Waals surface area contributed by atoms with Gasteiger partial charge in [0.1, 0.15) is 0 Å². The van der Waals surface area contributed by atoms with Crippen molar-refractivity contribution in [2.75, 3.05) is 26.2 Å². The van der Waals surface area contributed by atoms with E-state index in [-0.39, 0.29) is 19.0 Å². The van der Waals surface area contributed by atoms with Gasteiger partial charge in [0.15, 0.2) is 5.11 Å². The molecule has 0 atom stereocenters. The van der Waals surface area contributed by atoms with Crippen LogP contribution in [-0.4, -0.2) is 58.1 Å². The third kappa shape index (κ3) is 4.24. The molecule has 0 aromatic heterocycles. The van der Waals surface area contributed by atoms with E-state index in [1.165, 1.54) is 0 Å². The molecule has 0 bridgehead atoms. The molecule has 1 aliphatic rings. The lowest BCUT2D eigenvalue weighted by molar-refractivity contribution is -0.136. The van der Waals surface area contributed by atoms with Gasteiger partial charge in [-0.25, -0.2) is 0 Å². The highest BCUT2D eigenvalue weighted by molar-refractivity contribution is 7.80. The molecular weight excluding hydrogens is 290 g/mol. The second-order valence-corrected chi connectivity index (χ2v) is 5.11. The molecule has 1 saturated heterocycles. The van der Waals surface area contributed by atoms with Gasteiger partial charge in [-0.3, -0.25) is 14.5 Å². The van der Waals surface area contributed by atoms with E-state index < -0.39 is 5.97 Å². The van der Waals surface area contributed by atoms with E-state index in [0.717, 1.165) is 5.56 Å². The van der Waals surface area contributed by atoms with Gasteiger partial charge >= 0.3 is 5.97 Å². The summed E-state index contributed by atoms with van der Waals surface area (Å²) in [6, 6.07) is 9.67. The van der Waals surface area contributed by atoms with E-state index >= 15 is 0 Å². The van der Waals surface area contributed by atoms with Crippen LogP contribution in [0.2, 0.25) is 0 Å². The maximum absolute atomic E-state index is 12.0. The van der Waals surface area contributed by atoms with Crippen LogP contribution in [0, 0.1) is 0 Å². The number of amides is 1. The Hall–Kier alpha value is -1.99. The lowest BCUT2D eigenvalue weighted by Gasteiger charge is -2.20. The maximum Gasteiger partial charge on any atom is 0.317 e. The molecule has 0 radical (unpaired) electrons. The first-order valence-electron chi connectivity index (χ1n) is 6.63. The van der Waals surface area contributed by atoms with Gasteiger partial charge in [-0.05, 0) is 17.8 Å². The fourth-order valence-electron chi connectivity index (χ4n) is 2.10. The summed E-state index contributed by atoms with van der Waals surface area (Å²) >= 11 is 5.33. The van der Waals surface area contributed by atoms with Crippen LogP contribution in [0.4, 0.5) is 0 Å². The van der Waals surface area contributed by atoms with Gasteiger partial charge in [0.2, 0.25) is 5.91 Å². The lowest BCUT2D eigenvalue weighted by atomic mass is 10.2. The van der Waals surface area contributed by atoms with Crippen molar-refractivity contribution in [3.8, 4) is 0 Å². The minimum Gasteiger partial charge on any atom is -0.480 e. The van der Waals surface area contributed by atoms with E-state index in [4.69, 9.17) is 17.3 Å². The molecule has 1 amide bonds. The fourth-order valence-corrected chi connectivity index (χ4v) is 2.42. The summed E-state index contributed by atoms with van der Waals surface area (Å²) in [5, 5.41) is 11.8. The van der Waals surface area contributed by atoms with Crippen LogP contribution in [0.1, 0.15) is 5.56 Å². The Morgan fingerprint density at radius 2 is 2.05 bits per heavy atom. The normalized spacial score (nSPS) is 14.9. The van der Waals surface area contributed by atoms with Crippen LogP contribution in [0.3, 0.4) is 0 Å². The van der Waals surface area contributed by atoms with E-state index in [2.05, 4.69) is 5.32 Å². The molecule has 2 N–H and O–H groups in total. The molecule has 1 aliphatic heterocycles. The molecule has 21 heavy (non-hydrogen) atoms. The molecule has 2 rings (SSSR count). The van der Waals surface area contributed by atoms with Crippen LogP contribution >= 0.6 is 12.2 Å². The predicted octanol–water partition coefficient (Wildman–Crippen LogP) is 0.290. The number of aliphatic carboxylic acids is 1. The Balaban J connectivity index is 1.86. The molecule has 1 aromatic rings. The summed E-state index contributed by atoms with van der Waals surface area (Å²) < 4.78 is 0. The zero-order valence-corrected chi connectivity index (χ0v) is 12.3. The number of hydrogen-bond donors (Lipinski definition) is 2. The Kier molecular flexibility index (Phi) is 5.24. The summed E-state index contributed by atoms with van der Waals surface area (Å²) in [6.45, 7) is 1.61. The van der Waals surface area contributed by atoms with Gasteiger partial charge in [0, 0.05) is 13.1 Å². The molecule has 1 fully saturated rings. The third-order valence-electron chi connectivity index (χ3n) is 3.15.